The monoisotopic (exact) mass is 686 g/mol. The van der Waals surface area contributed by atoms with Gasteiger partial charge in [-0.05, 0) is 54.8 Å². The second-order valence-corrected chi connectivity index (χ2v) is 9.93. The molecule has 0 spiro atoms. The topological polar surface area (TPSA) is 18.5 Å². The van der Waals surface area contributed by atoms with Crippen LogP contribution >= 0.6 is 0 Å². The van der Waals surface area contributed by atoms with E-state index in [-0.39, 0.29) is 35.4 Å². The lowest BCUT2D eigenvalue weighted by molar-refractivity contribution is -0.276. The van der Waals surface area contributed by atoms with E-state index in [1.54, 1.807) is 6.07 Å². The Bertz CT molecular complexity index is 1910. The minimum Gasteiger partial charge on any atom is -0.429 e. The Labute approximate surface area is 264 Å². The van der Waals surface area contributed by atoms with Gasteiger partial charge in [0.25, 0.3) is 0 Å². The second kappa shape index (κ2) is 14.3. The summed E-state index contributed by atoms with van der Waals surface area (Å²) in [4.78, 5) is 0. The Morgan fingerprint density at radius 3 is 1.65 bits per heavy atom. The van der Waals surface area contributed by atoms with Crippen molar-refractivity contribution in [1.29, 1.82) is 0 Å². The van der Waals surface area contributed by atoms with Crippen LogP contribution in [0.1, 0.15) is 53.1 Å². The van der Waals surface area contributed by atoms with Gasteiger partial charge < -0.3 is 9.47 Å². The third-order valence-electron chi connectivity index (χ3n) is 6.34. The average molecular weight is 686 g/mol. The number of aryl methyl sites for hydroxylation is 1. The number of alkyl halides is 5. The molecule has 48 heavy (non-hydrogen) atoms. The Morgan fingerprint density at radius 2 is 1.12 bits per heavy atom. The standard InChI is InChI=1S/C34H18F12O2/c1-2-3-4-18-5-8-21(24(35)11-18)9-6-19-12-25(36)23(26(37)13-19)10-7-20-14-27(38)31(28(39)15-20)33(42,43)47-22-16-29(40)32(30(41)17-22)48-34(44,45)46/h5,8,11-17H,2-4H2,1H3. The van der Waals surface area contributed by atoms with Crippen LogP contribution in [0.25, 0.3) is 0 Å². The summed E-state index contributed by atoms with van der Waals surface area (Å²) in [6, 6.07) is 6.15. The van der Waals surface area contributed by atoms with Crippen LogP contribution in [-0.4, -0.2) is 6.36 Å². The molecule has 0 saturated heterocycles. The first-order valence-corrected chi connectivity index (χ1v) is 13.6. The van der Waals surface area contributed by atoms with Crippen LogP contribution in [0, 0.1) is 64.4 Å². The molecule has 0 aliphatic heterocycles. The molecule has 0 fully saturated rings. The largest absolute Gasteiger partial charge is 0.573 e. The van der Waals surface area contributed by atoms with Gasteiger partial charge in [-0.1, -0.05) is 43.1 Å². The van der Waals surface area contributed by atoms with E-state index < -0.39 is 81.4 Å². The molecule has 14 heteroatoms. The van der Waals surface area contributed by atoms with Crippen LogP contribution in [-0.2, 0) is 12.5 Å². The van der Waals surface area contributed by atoms with Gasteiger partial charge in [-0.25, -0.2) is 30.7 Å². The van der Waals surface area contributed by atoms with E-state index in [1.165, 1.54) is 12.1 Å². The summed E-state index contributed by atoms with van der Waals surface area (Å²) in [5.74, 6) is -5.97. The number of hydrogen-bond acceptors (Lipinski definition) is 2. The third-order valence-corrected chi connectivity index (χ3v) is 6.34. The molecule has 0 atom stereocenters. The molecule has 0 aliphatic carbocycles. The van der Waals surface area contributed by atoms with Gasteiger partial charge >= 0.3 is 12.5 Å². The van der Waals surface area contributed by atoms with Gasteiger partial charge in [0.2, 0.25) is 5.75 Å². The van der Waals surface area contributed by atoms with Crippen LogP contribution in [0.3, 0.4) is 0 Å². The van der Waals surface area contributed by atoms with E-state index in [2.05, 4.69) is 21.3 Å². The van der Waals surface area contributed by atoms with Gasteiger partial charge in [0.15, 0.2) is 11.6 Å². The molecule has 0 heterocycles. The van der Waals surface area contributed by atoms with Crippen molar-refractivity contribution in [2.75, 3.05) is 0 Å². The number of halogens is 12. The fraction of sp³-hybridized carbons (Fsp3) is 0.176. The summed E-state index contributed by atoms with van der Waals surface area (Å²) in [5.41, 5.74) is -3.11. The molecule has 250 valence electrons. The lowest BCUT2D eigenvalue weighted by Crippen LogP contribution is -2.25. The Morgan fingerprint density at radius 1 is 0.583 bits per heavy atom. The summed E-state index contributed by atoms with van der Waals surface area (Å²) >= 11 is 0. The summed E-state index contributed by atoms with van der Waals surface area (Å²) in [5, 5.41) is 0. The van der Waals surface area contributed by atoms with Gasteiger partial charge in [-0.2, -0.15) is 8.78 Å². The fourth-order valence-electron chi connectivity index (χ4n) is 4.17. The SMILES string of the molecule is CCCCc1ccc(C#Cc2cc(F)c(C#Cc3cc(F)c(C(F)(F)Oc4cc(F)c(OC(F)(F)F)c(F)c4)c(F)c3)c(F)c2)c(F)c1. The molecule has 0 saturated carbocycles. The minimum atomic E-state index is -5.54. The van der Waals surface area contributed by atoms with Gasteiger partial charge in [-0.15, -0.1) is 13.2 Å². The fourth-order valence-corrected chi connectivity index (χ4v) is 4.17. The molecule has 4 aromatic rings. The number of benzene rings is 4. The molecule has 4 aromatic carbocycles. The number of unbranched alkanes of at least 4 members (excludes halogenated alkanes) is 1. The van der Waals surface area contributed by atoms with Gasteiger partial charge in [-0.3, -0.25) is 0 Å². The maximum atomic E-state index is 14.7. The summed E-state index contributed by atoms with van der Waals surface area (Å²) < 4.78 is 174. The smallest absolute Gasteiger partial charge is 0.429 e. The van der Waals surface area contributed by atoms with E-state index in [4.69, 9.17) is 0 Å². The van der Waals surface area contributed by atoms with Crippen LogP contribution in [0.4, 0.5) is 52.7 Å². The Kier molecular flexibility index (Phi) is 10.6. The molecule has 0 bridgehead atoms. The molecule has 0 aliphatic rings. The molecule has 0 aromatic heterocycles. The minimum absolute atomic E-state index is 0.0174. The van der Waals surface area contributed by atoms with E-state index >= 15 is 0 Å². The summed E-state index contributed by atoms with van der Waals surface area (Å²) in [6.45, 7) is 1.98. The highest BCUT2D eigenvalue weighted by atomic mass is 19.4. The Balaban J connectivity index is 1.55. The highest BCUT2D eigenvalue weighted by molar-refractivity contribution is 5.50. The van der Waals surface area contributed by atoms with Crippen molar-refractivity contribution in [3.8, 4) is 35.2 Å². The van der Waals surface area contributed by atoms with E-state index in [1.807, 2.05) is 18.8 Å². The molecular formula is C34H18F12O2. The lowest BCUT2D eigenvalue weighted by Gasteiger charge is -2.20. The van der Waals surface area contributed by atoms with Crippen molar-refractivity contribution in [1.82, 2.24) is 0 Å². The molecule has 4 rings (SSSR count). The summed E-state index contributed by atoms with van der Waals surface area (Å²) in [7, 11) is 0. The zero-order valence-corrected chi connectivity index (χ0v) is 24.2. The van der Waals surface area contributed by atoms with Crippen molar-refractivity contribution < 1.29 is 62.2 Å². The van der Waals surface area contributed by atoms with E-state index in [0.29, 0.717) is 6.42 Å². The highest BCUT2D eigenvalue weighted by Crippen LogP contribution is 2.38. The molecule has 0 N–H and O–H groups in total. The van der Waals surface area contributed by atoms with Gasteiger partial charge in [0, 0.05) is 23.3 Å². The van der Waals surface area contributed by atoms with Crippen LogP contribution < -0.4 is 9.47 Å². The molecule has 0 unspecified atom stereocenters. The third kappa shape index (κ3) is 8.76. The first-order valence-electron chi connectivity index (χ1n) is 13.6. The maximum Gasteiger partial charge on any atom is 0.573 e. The predicted molar refractivity (Wildman–Crippen MR) is 147 cm³/mol. The highest BCUT2D eigenvalue weighted by Gasteiger charge is 2.42. The van der Waals surface area contributed by atoms with Crippen molar-refractivity contribution in [2.45, 2.75) is 38.7 Å². The van der Waals surface area contributed by atoms with Crippen LogP contribution in [0.5, 0.6) is 11.5 Å². The zero-order chi connectivity index (χ0) is 35.4. The predicted octanol–water partition coefficient (Wildman–Crippen LogP) is 9.83. The van der Waals surface area contributed by atoms with Crippen molar-refractivity contribution >= 4 is 0 Å². The molecular weight excluding hydrogens is 668 g/mol. The second-order valence-electron chi connectivity index (χ2n) is 9.93. The van der Waals surface area contributed by atoms with E-state index in [9.17, 15) is 52.7 Å². The number of rotatable bonds is 7. The average Bonchev–Trinajstić information content (AvgIpc) is 2.96. The quantitative estimate of drug-likeness (QED) is 0.142. The van der Waals surface area contributed by atoms with Crippen molar-refractivity contribution in [3.05, 3.63) is 129 Å². The molecule has 2 nitrogen and oxygen atoms in total. The lowest BCUT2D eigenvalue weighted by atomic mass is 10.1. The first-order chi connectivity index (χ1) is 22.5. The normalized spacial score (nSPS) is 11.4. The van der Waals surface area contributed by atoms with Crippen molar-refractivity contribution in [2.24, 2.45) is 0 Å². The maximum absolute atomic E-state index is 14.7. The zero-order valence-electron chi connectivity index (χ0n) is 24.2. The number of ether oxygens (including phenoxy) is 2. The van der Waals surface area contributed by atoms with E-state index in [0.717, 1.165) is 30.5 Å². The van der Waals surface area contributed by atoms with Crippen LogP contribution in [0.2, 0.25) is 0 Å². The van der Waals surface area contributed by atoms with Gasteiger partial charge in [0.1, 0.15) is 40.4 Å². The van der Waals surface area contributed by atoms with Gasteiger partial charge in [0.05, 0.1) is 11.1 Å². The summed E-state index contributed by atoms with van der Waals surface area (Å²) in [6.07, 6.45) is -8.08. The first kappa shape index (κ1) is 35.6. The van der Waals surface area contributed by atoms with Crippen LogP contribution in [0.15, 0.2) is 54.6 Å². The van der Waals surface area contributed by atoms with Crippen molar-refractivity contribution in [3.63, 3.8) is 0 Å². The number of hydrogen-bond donors (Lipinski definition) is 0. The Hall–Kier alpha value is -5.24. The molecule has 0 amide bonds. The molecule has 0 radical (unpaired) electrons.